The van der Waals surface area contributed by atoms with Crippen molar-refractivity contribution in [2.24, 2.45) is 0 Å². The number of halogens is 1. The maximum absolute atomic E-state index is 13.2. The highest BCUT2D eigenvalue weighted by Crippen LogP contribution is 2.32. The van der Waals surface area contributed by atoms with Gasteiger partial charge in [0.25, 0.3) is 11.8 Å². The van der Waals surface area contributed by atoms with Crippen LogP contribution in [-0.4, -0.2) is 44.4 Å². The second-order valence-corrected chi connectivity index (χ2v) is 8.57. The van der Waals surface area contributed by atoms with Gasteiger partial charge in [-0.05, 0) is 30.2 Å². The van der Waals surface area contributed by atoms with Gasteiger partial charge in [0.05, 0.1) is 23.9 Å². The molecule has 34 heavy (non-hydrogen) atoms. The van der Waals surface area contributed by atoms with Crippen LogP contribution in [0.2, 0.25) is 5.02 Å². The van der Waals surface area contributed by atoms with E-state index in [1.807, 2.05) is 30.5 Å². The molecule has 9 nitrogen and oxygen atoms in total. The lowest BCUT2D eigenvalue weighted by Gasteiger charge is -2.27. The highest BCUT2D eigenvalue weighted by atomic mass is 35.5. The number of hydrogen-bond acceptors (Lipinski definition) is 6. The molecule has 0 spiro atoms. The Kier molecular flexibility index (Phi) is 5.62. The lowest BCUT2D eigenvalue weighted by Crippen LogP contribution is -2.54. The number of imide groups is 2. The van der Waals surface area contributed by atoms with Crippen LogP contribution >= 0.6 is 11.6 Å². The van der Waals surface area contributed by atoms with Crippen molar-refractivity contribution in [1.82, 2.24) is 20.0 Å². The number of benzene rings is 2. The Labute approximate surface area is 199 Å². The standard InChI is InChI=1S/C24H20ClN5O4/c25-17-6-2-1-4-15(17)13-29-12-14(11-27-29)10-26-18-7-3-5-16-21(18)24(34)30(23(16)33)19-8-9-20(31)28-22(19)32/h1-7,11-12,19,26H,8-10,13H2,(H,28,31,32). The molecule has 2 N–H and O–H groups in total. The molecule has 1 saturated heterocycles. The first-order valence-corrected chi connectivity index (χ1v) is 11.1. The molecule has 0 aliphatic carbocycles. The number of rotatable bonds is 6. The lowest BCUT2D eigenvalue weighted by atomic mass is 10.0. The third kappa shape index (κ3) is 3.94. The summed E-state index contributed by atoms with van der Waals surface area (Å²) in [6.07, 6.45) is 3.79. The molecule has 0 saturated carbocycles. The quantitative estimate of drug-likeness (QED) is 0.527. The number of nitrogens with one attached hydrogen (secondary N) is 2. The summed E-state index contributed by atoms with van der Waals surface area (Å²) in [5.41, 5.74) is 2.77. The van der Waals surface area contributed by atoms with Gasteiger partial charge in [0, 0.05) is 35.4 Å². The fraction of sp³-hybridized carbons (Fsp3) is 0.208. The fourth-order valence-corrected chi connectivity index (χ4v) is 4.44. The van der Waals surface area contributed by atoms with Gasteiger partial charge in [-0.15, -0.1) is 0 Å². The van der Waals surface area contributed by atoms with Gasteiger partial charge in [0.15, 0.2) is 0 Å². The molecule has 172 valence electrons. The van der Waals surface area contributed by atoms with E-state index in [0.717, 1.165) is 16.0 Å². The van der Waals surface area contributed by atoms with Gasteiger partial charge in [-0.1, -0.05) is 35.9 Å². The molecule has 1 unspecified atom stereocenters. The number of carbonyl (C=O) groups excluding carboxylic acids is 4. The highest BCUT2D eigenvalue weighted by molar-refractivity contribution is 6.31. The minimum Gasteiger partial charge on any atom is -0.380 e. The topological polar surface area (TPSA) is 113 Å². The van der Waals surface area contributed by atoms with E-state index in [9.17, 15) is 19.2 Å². The summed E-state index contributed by atoms with van der Waals surface area (Å²) in [6, 6.07) is 11.5. The number of nitrogens with zero attached hydrogens (tertiary/aromatic N) is 3. The van der Waals surface area contributed by atoms with Crippen molar-refractivity contribution in [2.45, 2.75) is 32.0 Å². The lowest BCUT2D eigenvalue weighted by molar-refractivity contribution is -0.136. The maximum atomic E-state index is 13.2. The summed E-state index contributed by atoms with van der Waals surface area (Å²) in [5, 5.41) is 10.4. The molecule has 3 heterocycles. The number of carbonyl (C=O) groups is 4. The first kappa shape index (κ1) is 21.8. The molecule has 2 aliphatic rings. The van der Waals surface area contributed by atoms with Crippen LogP contribution in [-0.2, 0) is 22.7 Å². The van der Waals surface area contributed by atoms with Gasteiger partial charge in [-0.3, -0.25) is 34.1 Å². The van der Waals surface area contributed by atoms with Gasteiger partial charge in [-0.2, -0.15) is 5.10 Å². The van der Waals surface area contributed by atoms with E-state index in [1.54, 1.807) is 29.1 Å². The van der Waals surface area contributed by atoms with Gasteiger partial charge in [0.2, 0.25) is 11.8 Å². The number of anilines is 1. The first-order valence-electron chi connectivity index (χ1n) is 10.8. The van der Waals surface area contributed by atoms with Gasteiger partial charge >= 0.3 is 0 Å². The molecule has 2 aromatic carbocycles. The van der Waals surface area contributed by atoms with Crippen LogP contribution in [0.4, 0.5) is 5.69 Å². The zero-order chi connectivity index (χ0) is 23.8. The molecule has 1 atom stereocenters. The van der Waals surface area contributed by atoms with Crippen molar-refractivity contribution in [1.29, 1.82) is 0 Å². The molecule has 1 fully saturated rings. The normalized spacial score (nSPS) is 17.7. The van der Waals surface area contributed by atoms with E-state index in [2.05, 4.69) is 15.7 Å². The Balaban J connectivity index is 1.32. The van der Waals surface area contributed by atoms with Gasteiger partial charge < -0.3 is 5.32 Å². The van der Waals surface area contributed by atoms with Crippen LogP contribution in [0, 0.1) is 0 Å². The number of piperidine rings is 1. The molecule has 5 rings (SSSR count). The molecule has 0 bridgehead atoms. The maximum Gasteiger partial charge on any atom is 0.264 e. The highest BCUT2D eigenvalue weighted by Gasteiger charge is 2.45. The summed E-state index contributed by atoms with van der Waals surface area (Å²) in [6.45, 7) is 0.896. The summed E-state index contributed by atoms with van der Waals surface area (Å²) in [7, 11) is 0. The number of hydrogen-bond donors (Lipinski definition) is 2. The molecule has 10 heteroatoms. The predicted octanol–water partition coefficient (Wildman–Crippen LogP) is 2.60. The largest absolute Gasteiger partial charge is 0.380 e. The SMILES string of the molecule is O=C1CCC(N2C(=O)c3cccc(NCc4cnn(Cc5ccccc5Cl)c4)c3C2=O)C(=O)N1. The van der Waals surface area contributed by atoms with Crippen LogP contribution in [0.5, 0.6) is 0 Å². The van der Waals surface area contributed by atoms with Crippen molar-refractivity contribution in [3.8, 4) is 0 Å². The average molecular weight is 478 g/mol. The number of fused-ring (bicyclic) bond motifs is 1. The van der Waals surface area contributed by atoms with E-state index in [-0.39, 0.29) is 24.0 Å². The monoisotopic (exact) mass is 477 g/mol. The van der Waals surface area contributed by atoms with Crippen molar-refractivity contribution in [2.75, 3.05) is 5.32 Å². The van der Waals surface area contributed by atoms with E-state index in [1.165, 1.54) is 0 Å². The smallest absolute Gasteiger partial charge is 0.264 e. The number of amides is 4. The van der Waals surface area contributed by atoms with Crippen molar-refractivity contribution < 1.29 is 19.2 Å². The van der Waals surface area contributed by atoms with Crippen molar-refractivity contribution in [3.63, 3.8) is 0 Å². The van der Waals surface area contributed by atoms with Crippen LogP contribution in [0.1, 0.15) is 44.7 Å². The Morgan fingerprint density at radius 3 is 2.68 bits per heavy atom. The average Bonchev–Trinajstić information content (AvgIpc) is 3.37. The van der Waals surface area contributed by atoms with Crippen LogP contribution in [0.3, 0.4) is 0 Å². The van der Waals surface area contributed by atoms with E-state index < -0.39 is 29.7 Å². The molecule has 2 aliphatic heterocycles. The molecule has 0 radical (unpaired) electrons. The van der Waals surface area contributed by atoms with Gasteiger partial charge in [-0.25, -0.2) is 0 Å². The zero-order valence-electron chi connectivity index (χ0n) is 18.0. The van der Waals surface area contributed by atoms with Crippen LogP contribution in [0.15, 0.2) is 54.9 Å². The third-order valence-electron chi connectivity index (χ3n) is 5.93. The minimum absolute atomic E-state index is 0.0765. The molecule has 1 aromatic heterocycles. The van der Waals surface area contributed by atoms with E-state index in [4.69, 9.17) is 11.6 Å². The Morgan fingerprint density at radius 1 is 1.06 bits per heavy atom. The Morgan fingerprint density at radius 2 is 1.88 bits per heavy atom. The zero-order valence-corrected chi connectivity index (χ0v) is 18.7. The van der Waals surface area contributed by atoms with Crippen molar-refractivity contribution in [3.05, 3.63) is 82.1 Å². The Bertz CT molecular complexity index is 1330. The second-order valence-electron chi connectivity index (χ2n) is 8.17. The van der Waals surface area contributed by atoms with Crippen molar-refractivity contribution >= 4 is 40.9 Å². The molecule has 4 amide bonds. The summed E-state index contributed by atoms with van der Waals surface area (Å²) >= 11 is 6.23. The van der Waals surface area contributed by atoms with Gasteiger partial charge in [0.1, 0.15) is 6.04 Å². The molecular formula is C24H20ClN5O4. The minimum atomic E-state index is -0.999. The Hall–Kier alpha value is -3.98. The van der Waals surface area contributed by atoms with Crippen LogP contribution < -0.4 is 10.6 Å². The molecule has 3 aromatic rings. The fourth-order valence-electron chi connectivity index (χ4n) is 4.24. The summed E-state index contributed by atoms with van der Waals surface area (Å²) < 4.78 is 1.77. The molecular weight excluding hydrogens is 458 g/mol. The predicted molar refractivity (Wildman–Crippen MR) is 123 cm³/mol. The second kappa shape index (κ2) is 8.75. The van der Waals surface area contributed by atoms with Crippen LogP contribution in [0.25, 0.3) is 0 Å². The third-order valence-corrected chi connectivity index (χ3v) is 6.30. The van der Waals surface area contributed by atoms with E-state index >= 15 is 0 Å². The summed E-state index contributed by atoms with van der Waals surface area (Å²) in [5.74, 6) is -2.13. The summed E-state index contributed by atoms with van der Waals surface area (Å²) in [4.78, 5) is 50.8. The van der Waals surface area contributed by atoms with E-state index in [0.29, 0.717) is 23.8 Å². The number of aromatic nitrogens is 2. The first-order chi connectivity index (χ1) is 16.4.